The molecule has 0 radical (unpaired) electrons. The summed E-state index contributed by atoms with van der Waals surface area (Å²) in [5.41, 5.74) is 1.65. The van der Waals surface area contributed by atoms with Gasteiger partial charge < -0.3 is 14.4 Å². The molecular formula is C16H14FN3O3. The maximum Gasteiger partial charge on any atom is 0.264 e. The SMILES string of the molecule is Cc1ccc(-c2noc(COc3ccc(CO)nc3)n2)cc1F. The normalized spacial score (nSPS) is 10.7. The molecule has 0 bridgehead atoms. The lowest BCUT2D eigenvalue weighted by Crippen LogP contribution is -1.97. The van der Waals surface area contributed by atoms with Gasteiger partial charge in [0.2, 0.25) is 5.82 Å². The summed E-state index contributed by atoms with van der Waals surface area (Å²) in [5.74, 6) is 0.770. The molecule has 0 unspecified atom stereocenters. The highest BCUT2D eigenvalue weighted by atomic mass is 19.1. The minimum Gasteiger partial charge on any atom is -0.482 e. The second-order valence-electron chi connectivity index (χ2n) is 4.91. The molecule has 0 saturated heterocycles. The van der Waals surface area contributed by atoms with E-state index in [9.17, 15) is 4.39 Å². The Bertz CT molecular complexity index is 803. The van der Waals surface area contributed by atoms with E-state index in [2.05, 4.69) is 15.1 Å². The van der Waals surface area contributed by atoms with Crippen LogP contribution in [0.15, 0.2) is 41.1 Å². The molecule has 3 rings (SSSR count). The number of ether oxygens (including phenoxy) is 1. The molecule has 6 nitrogen and oxygen atoms in total. The standard InChI is InChI=1S/C16H14FN3O3/c1-10-2-3-11(6-14(10)17)16-19-15(23-20-16)9-22-13-5-4-12(8-21)18-7-13/h2-7,21H,8-9H2,1H3. The molecule has 0 spiro atoms. The summed E-state index contributed by atoms with van der Waals surface area (Å²) in [6.45, 7) is 1.63. The van der Waals surface area contributed by atoms with Gasteiger partial charge in [0.05, 0.1) is 18.5 Å². The van der Waals surface area contributed by atoms with Crippen molar-refractivity contribution >= 4 is 0 Å². The van der Waals surface area contributed by atoms with Gasteiger partial charge in [-0.1, -0.05) is 17.3 Å². The van der Waals surface area contributed by atoms with E-state index in [0.717, 1.165) is 0 Å². The quantitative estimate of drug-likeness (QED) is 0.779. The lowest BCUT2D eigenvalue weighted by molar-refractivity contribution is 0.241. The van der Waals surface area contributed by atoms with E-state index in [1.54, 1.807) is 31.2 Å². The molecule has 0 saturated carbocycles. The van der Waals surface area contributed by atoms with E-state index in [4.69, 9.17) is 14.4 Å². The first-order valence-electron chi connectivity index (χ1n) is 6.93. The van der Waals surface area contributed by atoms with Crippen LogP contribution in [-0.2, 0) is 13.2 Å². The first-order chi connectivity index (χ1) is 11.2. The van der Waals surface area contributed by atoms with E-state index < -0.39 is 0 Å². The number of nitrogens with zero attached hydrogens (tertiary/aromatic N) is 3. The van der Waals surface area contributed by atoms with Crippen LogP contribution in [0.3, 0.4) is 0 Å². The highest BCUT2D eigenvalue weighted by molar-refractivity contribution is 5.54. The molecule has 0 fully saturated rings. The molecule has 1 N–H and O–H groups in total. The summed E-state index contributed by atoms with van der Waals surface area (Å²) >= 11 is 0. The number of aliphatic hydroxyl groups is 1. The number of aromatic nitrogens is 3. The molecule has 2 heterocycles. The second kappa shape index (κ2) is 6.53. The maximum absolute atomic E-state index is 13.6. The summed E-state index contributed by atoms with van der Waals surface area (Å²) in [5, 5.41) is 12.7. The molecule has 1 aromatic carbocycles. The summed E-state index contributed by atoms with van der Waals surface area (Å²) in [6, 6.07) is 8.09. The molecule has 0 amide bonds. The summed E-state index contributed by atoms with van der Waals surface area (Å²) in [6.07, 6.45) is 1.50. The van der Waals surface area contributed by atoms with E-state index in [1.165, 1.54) is 12.3 Å². The van der Waals surface area contributed by atoms with Crippen molar-refractivity contribution in [2.75, 3.05) is 0 Å². The fourth-order valence-corrected chi connectivity index (χ4v) is 1.90. The summed E-state index contributed by atoms with van der Waals surface area (Å²) in [4.78, 5) is 8.17. The van der Waals surface area contributed by atoms with Gasteiger partial charge in [-0.25, -0.2) is 4.39 Å². The van der Waals surface area contributed by atoms with Gasteiger partial charge in [-0.05, 0) is 30.7 Å². The number of halogens is 1. The highest BCUT2D eigenvalue weighted by Gasteiger charge is 2.11. The van der Waals surface area contributed by atoms with Crippen LogP contribution in [0.5, 0.6) is 5.75 Å². The first kappa shape index (κ1) is 15.1. The van der Waals surface area contributed by atoms with Crippen LogP contribution < -0.4 is 4.74 Å². The average Bonchev–Trinajstić information content (AvgIpc) is 3.05. The fourth-order valence-electron chi connectivity index (χ4n) is 1.90. The molecule has 23 heavy (non-hydrogen) atoms. The van der Waals surface area contributed by atoms with Crippen LogP contribution in [0.25, 0.3) is 11.4 Å². The molecule has 118 valence electrons. The van der Waals surface area contributed by atoms with Crippen LogP contribution in [0.2, 0.25) is 0 Å². The largest absolute Gasteiger partial charge is 0.482 e. The minimum atomic E-state index is -0.319. The Balaban J connectivity index is 1.67. The number of aliphatic hydroxyl groups excluding tert-OH is 1. The summed E-state index contributed by atoms with van der Waals surface area (Å²) in [7, 11) is 0. The smallest absolute Gasteiger partial charge is 0.264 e. The van der Waals surface area contributed by atoms with Crippen molar-refractivity contribution in [3.05, 3.63) is 59.5 Å². The highest BCUT2D eigenvalue weighted by Crippen LogP contribution is 2.19. The Hall–Kier alpha value is -2.80. The number of benzene rings is 1. The predicted octanol–water partition coefficient (Wildman–Crippen LogP) is 2.65. The van der Waals surface area contributed by atoms with Gasteiger partial charge in [-0.2, -0.15) is 4.98 Å². The predicted molar refractivity (Wildman–Crippen MR) is 78.9 cm³/mol. The lowest BCUT2D eigenvalue weighted by atomic mass is 10.1. The topological polar surface area (TPSA) is 81.3 Å². The number of rotatable bonds is 5. The van der Waals surface area contributed by atoms with E-state index in [-0.39, 0.29) is 24.9 Å². The second-order valence-corrected chi connectivity index (χ2v) is 4.91. The van der Waals surface area contributed by atoms with Gasteiger partial charge in [0, 0.05) is 5.56 Å². The average molecular weight is 315 g/mol. The fraction of sp³-hybridized carbons (Fsp3) is 0.188. The Morgan fingerprint density at radius 3 is 2.83 bits per heavy atom. The van der Waals surface area contributed by atoms with Gasteiger partial charge in [-0.3, -0.25) is 4.98 Å². The minimum absolute atomic E-state index is 0.0709. The van der Waals surface area contributed by atoms with Crippen molar-refractivity contribution in [1.29, 1.82) is 0 Å². The Morgan fingerprint density at radius 1 is 1.26 bits per heavy atom. The molecule has 0 aliphatic rings. The van der Waals surface area contributed by atoms with Gasteiger partial charge in [0.25, 0.3) is 5.89 Å². The van der Waals surface area contributed by atoms with Gasteiger partial charge in [0.15, 0.2) is 6.61 Å². The van der Waals surface area contributed by atoms with Crippen LogP contribution in [0, 0.1) is 12.7 Å². The maximum atomic E-state index is 13.6. The Morgan fingerprint density at radius 2 is 2.13 bits per heavy atom. The molecule has 0 aliphatic carbocycles. The molecule has 2 aromatic heterocycles. The molecule has 7 heteroatoms. The van der Waals surface area contributed by atoms with Gasteiger partial charge >= 0.3 is 0 Å². The van der Waals surface area contributed by atoms with Gasteiger partial charge in [-0.15, -0.1) is 0 Å². The zero-order valence-corrected chi connectivity index (χ0v) is 12.4. The zero-order chi connectivity index (χ0) is 16.2. The van der Waals surface area contributed by atoms with Crippen molar-refractivity contribution in [2.24, 2.45) is 0 Å². The lowest BCUT2D eigenvalue weighted by Gasteiger charge is -2.02. The van der Waals surface area contributed by atoms with Crippen molar-refractivity contribution in [3.63, 3.8) is 0 Å². The molecule has 0 atom stereocenters. The Kier molecular flexibility index (Phi) is 4.29. The van der Waals surface area contributed by atoms with Crippen LogP contribution in [0.4, 0.5) is 4.39 Å². The third kappa shape index (κ3) is 3.51. The molecule has 0 aliphatic heterocycles. The number of pyridine rings is 1. The van der Waals surface area contributed by atoms with Gasteiger partial charge in [0.1, 0.15) is 11.6 Å². The number of aryl methyl sites for hydroxylation is 1. The number of hydrogen-bond acceptors (Lipinski definition) is 6. The molecule has 3 aromatic rings. The van der Waals surface area contributed by atoms with Crippen LogP contribution in [0.1, 0.15) is 17.1 Å². The monoisotopic (exact) mass is 315 g/mol. The van der Waals surface area contributed by atoms with Crippen molar-refractivity contribution in [2.45, 2.75) is 20.1 Å². The third-order valence-electron chi connectivity index (χ3n) is 3.22. The molecular weight excluding hydrogens is 301 g/mol. The van der Waals surface area contributed by atoms with Crippen molar-refractivity contribution < 1.29 is 18.8 Å². The number of hydrogen-bond donors (Lipinski definition) is 1. The third-order valence-corrected chi connectivity index (χ3v) is 3.22. The Labute approximate surface area is 131 Å². The van der Waals surface area contributed by atoms with E-state index in [0.29, 0.717) is 28.4 Å². The van der Waals surface area contributed by atoms with Crippen LogP contribution >= 0.6 is 0 Å². The zero-order valence-electron chi connectivity index (χ0n) is 12.4. The van der Waals surface area contributed by atoms with Crippen molar-refractivity contribution in [3.8, 4) is 17.1 Å². The summed E-state index contributed by atoms with van der Waals surface area (Å²) < 4.78 is 24.1. The van der Waals surface area contributed by atoms with E-state index in [1.807, 2.05) is 0 Å². The first-order valence-corrected chi connectivity index (χ1v) is 6.93. The van der Waals surface area contributed by atoms with Crippen molar-refractivity contribution in [1.82, 2.24) is 15.1 Å². The van der Waals surface area contributed by atoms with E-state index >= 15 is 0 Å². The van der Waals surface area contributed by atoms with Crippen LogP contribution in [-0.4, -0.2) is 20.2 Å².